The summed E-state index contributed by atoms with van der Waals surface area (Å²) in [5.41, 5.74) is 2.71. The number of fused-ring (bicyclic) bond motifs is 2. The molecule has 0 unspecified atom stereocenters. The Morgan fingerprint density at radius 3 is 1.95 bits per heavy atom. The summed E-state index contributed by atoms with van der Waals surface area (Å²) in [5.74, 6) is -4.07. The summed E-state index contributed by atoms with van der Waals surface area (Å²) >= 11 is 0. The van der Waals surface area contributed by atoms with Gasteiger partial charge in [0.25, 0.3) is 11.8 Å². The Balaban J connectivity index is 1.40. The normalized spacial score (nSPS) is 15.5. The highest BCUT2D eigenvalue weighted by Gasteiger charge is 2.34. The van der Waals surface area contributed by atoms with E-state index in [4.69, 9.17) is 9.31 Å². The van der Waals surface area contributed by atoms with Crippen molar-refractivity contribution in [2.75, 3.05) is 0 Å². The third-order valence-corrected chi connectivity index (χ3v) is 7.52. The first-order chi connectivity index (χ1) is 21.0. The number of benzene rings is 3. The van der Waals surface area contributed by atoms with Crippen LogP contribution in [-0.2, 0) is 32.1 Å². The summed E-state index contributed by atoms with van der Waals surface area (Å²) in [6, 6.07) is 10.6. The van der Waals surface area contributed by atoms with Crippen molar-refractivity contribution in [2.45, 2.75) is 44.7 Å². The maximum absolute atomic E-state index is 14.0. The molecule has 0 radical (unpaired) electrons. The summed E-state index contributed by atoms with van der Waals surface area (Å²) < 4.78 is 24.3. The number of carboxylic acid groups (broad SMARTS) is 1. The van der Waals surface area contributed by atoms with Gasteiger partial charge in [0, 0.05) is 11.1 Å². The van der Waals surface area contributed by atoms with E-state index in [-0.39, 0.29) is 29.9 Å². The quantitative estimate of drug-likeness (QED) is 0.167. The van der Waals surface area contributed by atoms with Crippen LogP contribution >= 0.6 is 0 Å². The summed E-state index contributed by atoms with van der Waals surface area (Å²) in [7, 11) is -2.40. The Hall–Kier alpha value is -4.56. The largest absolute Gasteiger partial charge is 0.491 e. The molecule has 0 fully saturated rings. The van der Waals surface area contributed by atoms with E-state index >= 15 is 0 Å². The smallest absolute Gasteiger partial charge is 0.481 e. The van der Waals surface area contributed by atoms with Gasteiger partial charge in [-0.05, 0) is 70.9 Å². The monoisotopic (exact) mass is 603 g/mol. The number of carbonyl (C=O) groups excluding carboxylic acids is 3. The van der Waals surface area contributed by atoms with Gasteiger partial charge in [-0.2, -0.15) is 0 Å². The lowest BCUT2D eigenvalue weighted by Crippen LogP contribution is -2.58. The highest BCUT2D eigenvalue weighted by Crippen LogP contribution is 2.19. The standard InChI is InChI=1S/C29H28B2FN3O9/c1-15(33-27(38)17-5-7-19-13-43-30(41)22(19)10-17)26(35-28(39)18-6-8-20-14-44-31(42)23(20)11-18)29(40)34-24(12-25(36)37)16-3-2-4-21(32)9-16/h2-11,15,24,26,41-42H,12-14H2,1H3,(H,33,38)(H,34,40)(H,35,39)(H,36,37)/t15-,24-,26-/m0/s1. The van der Waals surface area contributed by atoms with Gasteiger partial charge in [-0.25, -0.2) is 4.39 Å². The van der Waals surface area contributed by atoms with Crippen LogP contribution in [0.2, 0.25) is 0 Å². The van der Waals surface area contributed by atoms with Crippen LogP contribution < -0.4 is 26.9 Å². The summed E-state index contributed by atoms with van der Waals surface area (Å²) in [6.45, 7) is 1.84. The van der Waals surface area contributed by atoms with E-state index in [1.54, 1.807) is 12.1 Å². The Kier molecular flexibility index (Phi) is 9.11. The van der Waals surface area contributed by atoms with Crippen molar-refractivity contribution >= 4 is 48.9 Å². The fraction of sp³-hybridized carbons (Fsp3) is 0.241. The van der Waals surface area contributed by atoms with E-state index in [2.05, 4.69) is 16.0 Å². The van der Waals surface area contributed by atoms with Crippen LogP contribution in [0.3, 0.4) is 0 Å². The number of rotatable bonds is 10. The lowest BCUT2D eigenvalue weighted by Gasteiger charge is -2.28. The summed E-state index contributed by atoms with van der Waals surface area (Å²) in [5, 5.41) is 37.4. The van der Waals surface area contributed by atoms with E-state index in [0.717, 1.165) is 11.6 Å². The highest BCUT2D eigenvalue weighted by atomic mass is 19.1. The van der Waals surface area contributed by atoms with Crippen molar-refractivity contribution in [1.29, 1.82) is 0 Å². The van der Waals surface area contributed by atoms with Crippen LogP contribution in [0, 0.1) is 5.82 Å². The third-order valence-electron chi connectivity index (χ3n) is 7.52. The van der Waals surface area contributed by atoms with Crippen molar-refractivity contribution < 1.29 is 48.0 Å². The number of aliphatic carboxylic acids is 1. The minimum atomic E-state index is -1.44. The van der Waals surface area contributed by atoms with Crippen molar-refractivity contribution in [1.82, 2.24) is 16.0 Å². The number of amides is 3. The van der Waals surface area contributed by atoms with E-state index in [9.17, 15) is 38.7 Å². The first-order valence-corrected chi connectivity index (χ1v) is 13.7. The second kappa shape index (κ2) is 13.0. The molecule has 226 valence electrons. The van der Waals surface area contributed by atoms with Crippen molar-refractivity contribution in [3.63, 3.8) is 0 Å². The second-order valence-electron chi connectivity index (χ2n) is 10.6. The van der Waals surface area contributed by atoms with Crippen molar-refractivity contribution in [2.24, 2.45) is 0 Å². The zero-order valence-corrected chi connectivity index (χ0v) is 23.5. The molecule has 0 aliphatic carbocycles. The number of halogens is 1. The molecule has 5 rings (SSSR count). The molecule has 2 aliphatic rings. The molecule has 3 aromatic rings. The molecule has 3 aromatic carbocycles. The number of carboxylic acids is 1. The molecule has 44 heavy (non-hydrogen) atoms. The van der Waals surface area contributed by atoms with Crippen LogP contribution in [0.15, 0.2) is 60.7 Å². The van der Waals surface area contributed by atoms with E-state index in [0.29, 0.717) is 16.5 Å². The maximum Gasteiger partial charge on any atom is 0.491 e. The van der Waals surface area contributed by atoms with Crippen molar-refractivity contribution in [3.8, 4) is 0 Å². The molecule has 2 aliphatic heterocycles. The Morgan fingerprint density at radius 2 is 1.41 bits per heavy atom. The average Bonchev–Trinajstić information content (AvgIpc) is 3.56. The first-order valence-electron chi connectivity index (χ1n) is 13.7. The molecule has 0 saturated heterocycles. The molecule has 6 N–H and O–H groups in total. The van der Waals surface area contributed by atoms with Gasteiger partial charge < -0.3 is 40.4 Å². The van der Waals surface area contributed by atoms with E-state index in [1.807, 2.05) is 0 Å². The van der Waals surface area contributed by atoms with Gasteiger partial charge in [-0.1, -0.05) is 24.3 Å². The maximum atomic E-state index is 14.0. The molecular weight excluding hydrogens is 575 g/mol. The van der Waals surface area contributed by atoms with E-state index in [1.165, 1.54) is 49.4 Å². The molecule has 2 heterocycles. The zero-order valence-electron chi connectivity index (χ0n) is 23.5. The first kappa shape index (κ1) is 30.9. The van der Waals surface area contributed by atoms with Crippen molar-refractivity contribution in [3.05, 3.63) is 94.3 Å². The molecule has 12 nitrogen and oxygen atoms in total. The van der Waals surface area contributed by atoms with Crippen LogP contribution in [-0.4, -0.2) is 65.2 Å². The summed E-state index contributed by atoms with van der Waals surface area (Å²) in [6.07, 6.45) is -0.584. The predicted molar refractivity (Wildman–Crippen MR) is 155 cm³/mol. The van der Waals surface area contributed by atoms with Crippen LogP contribution in [0.1, 0.15) is 56.8 Å². The predicted octanol–water partition coefficient (Wildman–Crippen LogP) is -0.490. The highest BCUT2D eigenvalue weighted by molar-refractivity contribution is 6.62. The van der Waals surface area contributed by atoms with Gasteiger partial charge >= 0.3 is 20.2 Å². The topological polar surface area (TPSA) is 184 Å². The SMILES string of the molecule is C[C@H](NC(=O)c1ccc2c(c1)B(O)OC2)[C@H](NC(=O)c1ccc2c(c1)B(O)OC2)C(=O)N[C@@H](CC(=O)O)c1cccc(F)c1. The molecule has 0 saturated carbocycles. The molecular formula is C29H28B2FN3O9. The van der Waals surface area contributed by atoms with Crippen LogP contribution in [0.25, 0.3) is 0 Å². The molecule has 15 heteroatoms. The molecule has 3 atom stereocenters. The fourth-order valence-electron chi connectivity index (χ4n) is 5.14. The molecule has 3 amide bonds. The molecule has 0 aromatic heterocycles. The lowest BCUT2D eigenvalue weighted by atomic mass is 9.78. The molecule has 0 spiro atoms. The van der Waals surface area contributed by atoms with Gasteiger partial charge in [-0.3, -0.25) is 19.2 Å². The number of hydrogen-bond acceptors (Lipinski definition) is 8. The molecule has 0 bridgehead atoms. The zero-order chi connectivity index (χ0) is 31.5. The number of hydrogen-bond donors (Lipinski definition) is 6. The lowest BCUT2D eigenvalue weighted by molar-refractivity contribution is -0.137. The third kappa shape index (κ3) is 6.81. The fourth-order valence-corrected chi connectivity index (χ4v) is 5.14. The summed E-state index contributed by atoms with van der Waals surface area (Å²) in [4.78, 5) is 51.8. The van der Waals surface area contributed by atoms with Gasteiger partial charge in [0.1, 0.15) is 11.9 Å². The average molecular weight is 603 g/mol. The minimum absolute atomic E-state index is 0.101. The van der Waals surface area contributed by atoms with Crippen LogP contribution in [0.4, 0.5) is 4.39 Å². The second-order valence-corrected chi connectivity index (χ2v) is 10.6. The minimum Gasteiger partial charge on any atom is -0.481 e. The van der Waals surface area contributed by atoms with Gasteiger partial charge in [0.2, 0.25) is 5.91 Å². The Labute approximate surface area is 251 Å². The number of carbonyl (C=O) groups is 4. The Morgan fingerprint density at radius 1 is 0.841 bits per heavy atom. The Bertz CT molecular complexity index is 1620. The van der Waals surface area contributed by atoms with Gasteiger partial charge in [0.15, 0.2) is 0 Å². The number of nitrogens with one attached hydrogen (secondary N) is 3. The van der Waals surface area contributed by atoms with E-state index < -0.39 is 68.3 Å². The van der Waals surface area contributed by atoms with Gasteiger partial charge in [0.05, 0.1) is 31.7 Å². The van der Waals surface area contributed by atoms with Gasteiger partial charge in [-0.15, -0.1) is 0 Å². The van der Waals surface area contributed by atoms with Crippen LogP contribution in [0.5, 0.6) is 0 Å².